The Hall–Kier alpha value is -0.820. The van der Waals surface area contributed by atoms with Crippen LogP contribution in [0.1, 0.15) is 19.8 Å². The Morgan fingerprint density at radius 2 is 2.00 bits per heavy atom. The normalized spacial score (nSPS) is 19.6. The summed E-state index contributed by atoms with van der Waals surface area (Å²) in [6.07, 6.45) is 1.95. The number of likely N-dealkylation sites (tertiary alicyclic amines) is 1. The van der Waals surface area contributed by atoms with Crippen LogP contribution in [0.3, 0.4) is 0 Å². The van der Waals surface area contributed by atoms with Crippen molar-refractivity contribution in [2.24, 2.45) is 5.41 Å². The van der Waals surface area contributed by atoms with Crippen LogP contribution in [0.5, 0.6) is 0 Å². The third-order valence-corrected chi connectivity index (χ3v) is 5.85. The molecule has 1 heterocycles. The van der Waals surface area contributed by atoms with Gasteiger partial charge in [0.15, 0.2) is 0 Å². The zero-order valence-corrected chi connectivity index (χ0v) is 14.0. The molecule has 0 spiro atoms. The van der Waals surface area contributed by atoms with Gasteiger partial charge in [-0.15, -0.1) is 0 Å². The fourth-order valence-corrected chi connectivity index (χ4v) is 3.94. The molecule has 118 valence electrons. The quantitative estimate of drug-likeness (QED) is 0.827. The first-order valence-electron chi connectivity index (χ1n) is 6.95. The van der Waals surface area contributed by atoms with Gasteiger partial charge in [0.05, 0.1) is 5.69 Å². The van der Waals surface area contributed by atoms with E-state index in [4.69, 9.17) is 17.3 Å². The van der Waals surface area contributed by atoms with Crippen molar-refractivity contribution in [3.05, 3.63) is 23.2 Å². The largest absolute Gasteiger partial charge is 0.398 e. The van der Waals surface area contributed by atoms with Crippen LogP contribution in [0, 0.1) is 5.41 Å². The van der Waals surface area contributed by atoms with Gasteiger partial charge in [-0.1, -0.05) is 18.5 Å². The topological polar surface area (TPSA) is 75.4 Å². The molecule has 0 atom stereocenters. The molecule has 1 aromatic carbocycles. The van der Waals surface area contributed by atoms with E-state index in [0.717, 1.165) is 25.9 Å². The van der Waals surface area contributed by atoms with Gasteiger partial charge in [0.2, 0.25) is 10.0 Å². The van der Waals surface area contributed by atoms with E-state index >= 15 is 0 Å². The van der Waals surface area contributed by atoms with Gasteiger partial charge in [-0.3, -0.25) is 0 Å². The lowest BCUT2D eigenvalue weighted by Crippen LogP contribution is -2.43. The lowest BCUT2D eigenvalue weighted by molar-refractivity contribution is 0.143. The Balaban J connectivity index is 2.08. The highest BCUT2D eigenvalue weighted by Crippen LogP contribution is 2.30. The maximum absolute atomic E-state index is 12.4. The number of anilines is 1. The van der Waals surface area contributed by atoms with E-state index in [2.05, 4.69) is 23.6 Å². The molecule has 3 N–H and O–H groups in total. The summed E-state index contributed by atoms with van der Waals surface area (Å²) in [4.78, 5) is 2.34. The molecule has 1 aliphatic rings. The highest BCUT2D eigenvalue weighted by Gasteiger charge is 2.30. The third kappa shape index (κ3) is 4.10. The van der Waals surface area contributed by atoms with Crippen molar-refractivity contribution >= 4 is 27.3 Å². The van der Waals surface area contributed by atoms with Crippen LogP contribution in [0.25, 0.3) is 0 Å². The lowest BCUT2D eigenvalue weighted by atomic mass is 9.81. The van der Waals surface area contributed by atoms with Crippen molar-refractivity contribution in [3.63, 3.8) is 0 Å². The van der Waals surface area contributed by atoms with Gasteiger partial charge in [-0.2, -0.15) is 0 Å². The van der Waals surface area contributed by atoms with Crippen molar-refractivity contribution < 1.29 is 8.42 Å². The number of hydrogen-bond acceptors (Lipinski definition) is 4. The standard InChI is InChI=1S/C14H22ClN3O2S/c1-14(5-7-18(2)8-6-14)10-17-21(19,20)13-4-3-11(15)9-12(13)16/h3-4,9,17H,5-8,10,16H2,1-2H3. The number of hydrogen-bond donors (Lipinski definition) is 2. The highest BCUT2D eigenvalue weighted by molar-refractivity contribution is 7.89. The molecule has 0 aliphatic carbocycles. The summed E-state index contributed by atoms with van der Waals surface area (Å²) in [5.41, 5.74) is 5.91. The van der Waals surface area contributed by atoms with Gasteiger partial charge < -0.3 is 10.6 Å². The Bertz CT molecular complexity index is 611. The van der Waals surface area contributed by atoms with E-state index < -0.39 is 10.0 Å². The number of nitrogens with one attached hydrogen (secondary N) is 1. The predicted molar refractivity (Wildman–Crippen MR) is 85.9 cm³/mol. The van der Waals surface area contributed by atoms with E-state index in [0.29, 0.717) is 11.6 Å². The number of rotatable bonds is 4. The van der Waals surface area contributed by atoms with Crippen LogP contribution in [-0.2, 0) is 10.0 Å². The highest BCUT2D eigenvalue weighted by atomic mass is 35.5. The fraction of sp³-hybridized carbons (Fsp3) is 0.571. The molecule has 0 bridgehead atoms. The van der Waals surface area contributed by atoms with Crippen LogP contribution in [0.4, 0.5) is 5.69 Å². The average molecular weight is 332 g/mol. The molecule has 1 fully saturated rings. The number of nitrogen functional groups attached to an aromatic ring is 1. The molecule has 2 rings (SSSR count). The van der Waals surface area contributed by atoms with E-state index in [-0.39, 0.29) is 16.0 Å². The zero-order chi connectivity index (χ0) is 15.7. The summed E-state index contributed by atoms with van der Waals surface area (Å²) in [5, 5.41) is 0.425. The Morgan fingerprint density at radius 3 is 2.57 bits per heavy atom. The molecular formula is C14H22ClN3O2S. The average Bonchev–Trinajstić information content (AvgIpc) is 2.40. The minimum Gasteiger partial charge on any atom is -0.398 e. The first kappa shape index (κ1) is 16.5. The van der Waals surface area contributed by atoms with Crippen molar-refractivity contribution in [1.29, 1.82) is 0 Å². The first-order chi connectivity index (χ1) is 9.72. The molecule has 1 aliphatic heterocycles. The van der Waals surface area contributed by atoms with Gasteiger partial charge in [0.1, 0.15) is 4.90 Å². The molecule has 0 amide bonds. The summed E-state index contributed by atoms with van der Waals surface area (Å²) in [7, 11) is -1.52. The minimum atomic E-state index is -3.61. The third-order valence-electron chi connectivity index (χ3n) is 4.14. The molecule has 21 heavy (non-hydrogen) atoms. The first-order valence-corrected chi connectivity index (χ1v) is 8.81. The van der Waals surface area contributed by atoms with E-state index in [1.165, 1.54) is 18.2 Å². The van der Waals surface area contributed by atoms with Gasteiger partial charge in [-0.25, -0.2) is 13.1 Å². The summed E-state index contributed by atoms with van der Waals surface area (Å²) in [6, 6.07) is 4.42. The Morgan fingerprint density at radius 1 is 1.38 bits per heavy atom. The molecule has 0 unspecified atom stereocenters. The smallest absolute Gasteiger partial charge is 0.242 e. The van der Waals surface area contributed by atoms with Gasteiger partial charge in [0.25, 0.3) is 0 Å². The van der Waals surface area contributed by atoms with Crippen LogP contribution in [0.2, 0.25) is 5.02 Å². The fourth-order valence-electron chi connectivity index (χ4n) is 2.45. The number of piperidine rings is 1. The molecule has 1 saturated heterocycles. The molecule has 0 saturated carbocycles. The number of benzene rings is 1. The molecule has 1 aromatic rings. The van der Waals surface area contributed by atoms with Crippen LogP contribution < -0.4 is 10.5 Å². The van der Waals surface area contributed by atoms with Gasteiger partial charge >= 0.3 is 0 Å². The van der Waals surface area contributed by atoms with Crippen molar-refractivity contribution in [2.45, 2.75) is 24.7 Å². The van der Waals surface area contributed by atoms with Crippen molar-refractivity contribution in [2.75, 3.05) is 32.4 Å². The van der Waals surface area contributed by atoms with E-state index in [9.17, 15) is 8.42 Å². The Labute approximate surface area is 131 Å². The number of nitrogens with zero attached hydrogens (tertiary/aromatic N) is 1. The Kier molecular flexibility index (Phi) is 4.82. The minimum absolute atomic E-state index is 0.0131. The van der Waals surface area contributed by atoms with Crippen LogP contribution in [-0.4, -0.2) is 40.0 Å². The van der Waals surface area contributed by atoms with Gasteiger partial charge in [-0.05, 0) is 56.6 Å². The van der Waals surface area contributed by atoms with E-state index in [1.807, 2.05) is 0 Å². The number of nitrogens with two attached hydrogens (primary N) is 1. The summed E-state index contributed by atoms with van der Waals surface area (Å²) < 4.78 is 27.4. The summed E-state index contributed by atoms with van der Waals surface area (Å²) in [5.74, 6) is 0. The van der Waals surface area contributed by atoms with Crippen molar-refractivity contribution in [3.8, 4) is 0 Å². The van der Waals surface area contributed by atoms with Gasteiger partial charge in [0, 0.05) is 11.6 Å². The van der Waals surface area contributed by atoms with Crippen LogP contribution in [0.15, 0.2) is 23.1 Å². The van der Waals surface area contributed by atoms with Crippen LogP contribution >= 0.6 is 11.6 Å². The lowest BCUT2D eigenvalue weighted by Gasteiger charge is -2.37. The molecule has 0 radical (unpaired) electrons. The monoisotopic (exact) mass is 331 g/mol. The maximum Gasteiger partial charge on any atom is 0.242 e. The number of sulfonamides is 1. The molecular weight excluding hydrogens is 310 g/mol. The zero-order valence-electron chi connectivity index (χ0n) is 12.4. The maximum atomic E-state index is 12.4. The predicted octanol–water partition coefficient (Wildman–Crippen LogP) is 1.93. The second kappa shape index (κ2) is 6.12. The molecule has 7 heteroatoms. The molecule has 5 nitrogen and oxygen atoms in total. The number of halogens is 1. The second-order valence-corrected chi connectivity index (χ2v) is 8.29. The molecule has 0 aromatic heterocycles. The SMILES string of the molecule is CN1CCC(C)(CNS(=O)(=O)c2ccc(Cl)cc2N)CC1. The summed E-state index contributed by atoms with van der Waals surface area (Å²) in [6.45, 7) is 4.52. The second-order valence-electron chi connectivity index (χ2n) is 6.12. The van der Waals surface area contributed by atoms with Crippen molar-refractivity contribution in [1.82, 2.24) is 9.62 Å². The summed E-state index contributed by atoms with van der Waals surface area (Å²) >= 11 is 5.80. The van der Waals surface area contributed by atoms with E-state index in [1.54, 1.807) is 0 Å².